The molecule has 1 aliphatic rings. The maximum absolute atomic E-state index is 11.3. The van der Waals surface area contributed by atoms with Crippen LogP contribution < -0.4 is 16.8 Å². The standard InChI is InChI=1S/C16H25N3O2/c17-12-6-8-13(9-7-12)21-11-3-10-19-15-5-2-1-4-14(15)16(18)20/h1-2,4-5,12-13,19H,3,6-11,17H2,(H2,18,20). The van der Waals surface area contributed by atoms with Crippen LogP contribution in [0.1, 0.15) is 42.5 Å². The molecule has 21 heavy (non-hydrogen) atoms. The van der Waals surface area contributed by atoms with Gasteiger partial charge in [-0.1, -0.05) is 12.1 Å². The molecule has 1 aromatic carbocycles. The lowest BCUT2D eigenvalue weighted by Crippen LogP contribution is -2.30. The van der Waals surface area contributed by atoms with Gasteiger partial charge in [-0.25, -0.2) is 0 Å². The lowest BCUT2D eigenvalue weighted by atomic mass is 9.94. The predicted octanol–water partition coefficient (Wildman–Crippen LogP) is 1.87. The zero-order chi connectivity index (χ0) is 15.1. The highest BCUT2D eigenvalue weighted by molar-refractivity contribution is 5.98. The second kappa shape index (κ2) is 8.00. The van der Waals surface area contributed by atoms with Gasteiger partial charge in [-0.3, -0.25) is 4.79 Å². The molecular weight excluding hydrogens is 266 g/mol. The Balaban J connectivity index is 1.65. The van der Waals surface area contributed by atoms with E-state index >= 15 is 0 Å². The fourth-order valence-electron chi connectivity index (χ4n) is 2.65. The molecule has 0 radical (unpaired) electrons. The van der Waals surface area contributed by atoms with Crippen LogP contribution in [-0.2, 0) is 4.74 Å². The van der Waals surface area contributed by atoms with E-state index in [0.29, 0.717) is 17.7 Å². The van der Waals surface area contributed by atoms with Gasteiger partial charge in [0.15, 0.2) is 0 Å². The van der Waals surface area contributed by atoms with Crippen LogP contribution in [0.25, 0.3) is 0 Å². The number of nitrogens with two attached hydrogens (primary N) is 2. The number of amides is 1. The number of primary amides is 1. The molecular formula is C16H25N3O2. The van der Waals surface area contributed by atoms with E-state index < -0.39 is 5.91 Å². The van der Waals surface area contributed by atoms with Gasteiger partial charge in [-0.2, -0.15) is 0 Å². The van der Waals surface area contributed by atoms with E-state index in [9.17, 15) is 4.79 Å². The van der Waals surface area contributed by atoms with Crippen molar-refractivity contribution >= 4 is 11.6 Å². The molecule has 5 heteroatoms. The third kappa shape index (κ3) is 5.02. The molecule has 2 rings (SSSR count). The number of anilines is 1. The number of carbonyl (C=O) groups excluding carboxylic acids is 1. The Morgan fingerprint density at radius 3 is 2.67 bits per heavy atom. The lowest BCUT2D eigenvalue weighted by molar-refractivity contribution is 0.0251. The maximum atomic E-state index is 11.3. The quantitative estimate of drug-likeness (QED) is 0.669. The average Bonchev–Trinajstić information content (AvgIpc) is 2.49. The molecule has 116 valence electrons. The highest BCUT2D eigenvalue weighted by Gasteiger charge is 2.18. The highest BCUT2D eigenvalue weighted by Crippen LogP contribution is 2.20. The van der Waals surface area contributed by atoms with Gasteiger partial charge in [0.25, 0.3) is 5.91 Å². The zero-order valence-corrected chi connectivity index (χ0v) is 12.4. The van der Waals surface area contributed by atoms with Crippen molar-refractivity contribution in [1.82, 2.24) is 0 Å². The summed E-state index contributed by atoms with van der Waals surface area (Å²) in [7, 11) is 0. The van der Waals surface area contributed by atoms with Crippen molar-refractivity contribution in [2.24, 2.45) is 11.5 Å². The molecule has 0 bridgehead atoms. The molecule has 0 spiro atoms. The Labute approximate surface area is 126 Å². The number of hydrogen-bond donors (Lipinski definition) is 3. The summed E-state index contributed by atoms with van der Waals surface area (Å²) in [6.45, 7) is 1.49. The second-order valence-corrected chi connectivity index (χ2v) is 5.60. The van der Waals surface area contributed by atoms with E-state index in [2.05, 4.69) is 5.32 Å². The summed E-state index contributed by atoms with van der Waals surface area (Å²) in [6.07, 6.45) is 5.53. The Morgan fingerprint density at radius 2 is 1.95 bits per heavy atom. The Morgan fingerprint density at radius 1 is 1.24 bits per heavy atom. The number of para-hydroxylation sites is 1. The molecule has 0 unspecified atom stereocenters. The van der Waals surface area contributed by atoms with Crippen LogP contribution >= 0.6 is 0 Å². The molecule has 1 amide bonds. The van der Waals surface area contributed by atoms with E-state index in [4.69, 9.17) is 16.2 Å². The van der Waals surface area contributed by atoms with Gasteiger partial charge in [-0.15, -0.1) is 0 Å². The third-order valence-electron chi connectivity index (χ3n) is 3.90. The maximum Gasteiger partial charge on any atom is 0.250 e. The first kappa shape index (κ1) is 15.8. The number of benzene rings is 1. The van der Waals surface area contributed by atoms with Crippen LogP contribution in [0.2, 0.25) is 0 Å². The van der Waals surface area contributed by atoms with Gasteiger partial charge >= 0.3 is 0 Å². The summed E-state index contributed by atoms with van der Waals surface area (Å²) >= 11 is 0. The van der Waals surface area contributed by atoms with E-state index in [1.165, 1.54) is 0 Å². The van der Waals surface area contributed by atoms with Gasteiger partial charge in [0.05, 0.1) is 11.7 Å². The fraction of sp³-hybridized carbons (Fsp3) is 0.562. The summed E-state index contributed by atoms with van der Waals surface area (Å²) < 4.78 is 5.86. The van der Waals surface area contributed by atoms with Crippen LogP contribution in [-0.4, -0.2) is 31.2 Å². The van der Waals surface area contributed by atoms with Crippen molar-refractivity contribution in [3.63, 3.8) is 0 Å². The molecule has 0 atom stereocenters. The Hall–Kier alpha value is -1.59. The molecule has 1 aromatic rings. The molecule has 0 aliphatic heterocycles. The fourth-order valence-corrected chi connectivity index (χ4v) is 2.65. The molecule has 1 aliphatic carbocycles. The summed E-state index contributed by atoms with van der Waals surface area (Å²) in [5.74, 6) is -0.409. The molecule has 1 saturated carbocycles. The topological polar surface area (TPSA) is 90.4 Å². The average molecular weight is 291 g/mol. The minimum atomic E-state index is -0.409. The number of rotatable bonds is 7. The minimum Gasteiger partial charge on any atom is -0.384 e. The van der Waals surface area contributed by atoms with Crippen LogP contribution in [0.3, 0.4) is 0 Å². The van der Waals surface area contributed by atoms with Crippen LogP contribution in [0.4, 0.5) is 5.69 Å². The van der Waals surface area contributed by atoms with Crippen molar-refractivity contribution in [1.29, 1.82) is 0 Å². The molecule has 5 nitrogen and oxygen atoms in total. The first-order valence-corrected chi connectivity index (χ1v) is 7.66. The van der Waals surface area contributed by atoms with Crippen LogP contribution in [0.15, 0.2) is 24.3 Å². The lowest BCUT2D eigenvalue weighted by Gasteiger charge is -2.26. The summed E-state index contributed by atoms with van der Waals surface area (Å²) in [4.78, 5) is 11.3. The number of nitrogens with one attached hydrogen (secondary N) is 1. The summed E-state index contributed by atoms with van der Waals surface area (Å²) in [6, 6.07) is 7.64. The smallest absolute Gasteiger partial charge is 0.250 e. The first-order chi connectivity index (χ1) is 10.2. The number of hydrogen-bond acceptors (Lipinski definition) is 4. The summed E-state index contributed by atoms with van der Waals surface area (Å²) in [5.41, 5.74) is 12.5. The van der Waals surface area contributed by atoms with Gasteiger partial charge in [0.1, 0.15) is 0 Å². The largest absolute Gasteiger partial charge is 0.384 e. The third-order valence-corrected chi connectivity index (χ3v) is 3.90. The van der Waals surface area contributed by atoms with Crippen LogP contribution in [0, 0.1) is 0 Å². The first-order valence-electron chi connectivity index (χ1n) is 7.66. The molecule has 5 N–H and O–H groups in total. The van der Waals surface area contributed by atoms with Gasteiger partial charge in [0.2, 0.25) is 0 Å². The number of carbonyl (C=O) groups is 1. The second-order valence-electron chi connectivity index (χ2n) is 5.60. The number of ether oxygens (including phenoxy) is 1. The van der Waals surface area contributed by atoms with Crippen molar-refractivity contribution < 1.29 is 9.53 Å². The monoisotopic (exact) mass is 291 g/mol. The van der Waals surface area contributed by atoms with Crippen LogP contribution in [0.5, 0.6) is 0 Å². The van der Waals surface area contributed by atoms with E-state index in [0.717, 1.165) is 50.9 Å². The normalized spacial score (nSPS) is 22.0. The van der Waals surface area contributed by atoms with Crippen molar-refractivity contribution in [3.8, 4) is 0 Å². The predicted molar refractivity (Wildman–Crippen MR) is 84.3 cm³/mol. The van der Waals surface area contributed by atoms with Gasteiger partial charge in [0, 0.05) is 24.9 Å². The Kier molecular flexibility index (Phi) is 6.02. The molecule has 0 saturated heterocycles. The highest BCUT2D eigenvalue weighted by atomic mass is 16.5. The zero-order valence-electron chi connectivity index (χ0n) is 12.4. The SMILES string of the molecule is NC(=O)c1ccccc1NCCCOC1CCC(N)CC1. The Bertz CT molecular complexity index is 457. The van der Waals surface area contributed by atoms with Crippen molar-refractivity contribution in [2.45, 2.75) is 44.2 Å². The van der Waals surface area contributed by atoms with Crippen molar-refractivity contribution in [2.75, 3.05) is 18.5 Å². The van der Waals surface area contributed by atoms with Gasteiger partial charge in [-0.05, 0) is 44.2 Å². The van der Waals surface area contributed by atoms with E-state index in [1.807, 2.05) is 18.2 Å². The molecule has 1 fully saturated rings. The van der Waals surface area contributed by atoms with E-state index in [1.54, 1.807) is 6.07 Å². The van der Waals surface area contributed by atoms with Gasteiger partial charge < -0.3 is 21.5 Å². The summed E-state index contributed by atoms with van der Waals surface area (Å²) in [5, 5.41) is 3.24. The molecule has 0 aromatic heterocycles. The molecule has 0 heterocycles. The van der Waals surface area contributed by atoms with E-state index in [-0.39, 0.29) is 0 Å². The minimum absolute atomic E-state index is 0.358. The van der Waals surface area contributed by atoms with Crippen molar-refractivity contribution in [3.05, 3.63) is 29.8 Å².